The van der Waals surface area contributed by atoms with Gasteiger partial charge in [0.15, 0.2) is 0 Å². The van der Waals surface area contributed by atoms with Crippen molar-refractivity contribution in [2.45, 2.75) is 13.0 Å². The Kier molecular flexibility index (Phi) is 4.43. The summed E-state index contributed by atoms with van der Waals surface area (Å²) in [5, 5.41) is 0. The quantitative estimate of drug-likeness (QED) is 0.846. The van der Waals surface area contributed by atoms with Crippen molar-refractivity contribution < 1.29 is 4.74 Å². The third kappa shape index (κ3) is 3.14. The molecule has 0 fully saturated rings. The van der Waals surface area contributed by atoms with E-state index >= 15 is 0 Å². The molecule has 2 rings (SSSR count). The van der Waals surface area contributed by atoms with E-state index in [-0.39, 0.29) is 0 Å². The number of nitrogens with zero attached hydrogens (tertiary/aromatic N) is 3. The molecule has 0 aliphatic carbocycles. The number of rotatable bonds is 4. The predicted octanol–water partition coefficient (Wildman–Crippen LogP) is 1.80. The van der Waals surface area contributed by atoms with Crippen LogP contribution in [-0.2, 0) is 17.8 Å². The molecular formula is C12H13IN4O. The van der Waals surface area contributed by atoms with Gasteiger partial charge < -0.3 is 10.5 Å². The largest absolute Gasteiger partial charge is 0.383 e. The van der Waals surface area contributed by atoms with Gasteiger partial charge in [-0.15, -0.1) is 0 Å². The number of hydrogen-bond acceptors (Lipinski definition) is 5. The molecule has 2 aromatic rings. The van der Waals surface area contributed by atoms with Crippen molar-refractivity contribution in [3.63, 3.8) is 0 Å². The molecule has 0 unspecified atom stereocenters. The molecule has 18 heavy (non-hydrogen) atoms. The Morgan fingerprint density at radius 3 is 2.83 bits per heavy atom. The molecule has 0 aromatic carbocycles. The average molecular weight is 356 g/mol. The number of nitrogens with two attached hydrogens (primary N) is 1. The lowest BCUT2D eigenvalue weighted by molar-refractivity contribution is 0.180. The molecule has 0 atom stereocenters. The molecule has 2 aromatic heterocycles. The van der Waals surface area contributed by atoms with Crippen molar-refractivity contribution in [3.8, 4) is 0 Å². The minimum atomic E-state index is 0.431. The second-order valence-electron chi connectivity index (χ2n) is 3.72. The van der Waals surface area contributed by atoms with Gasteiger partial charge in [-0.3, -0.25) is 4.98 Å². The van der Waals surface area contributed by atoms with Gasteiger partial charge in [0, 0.05) is 19.0 Å². The monoisotopic (exact) mass is 356 g/mol. The average Bonchev–Trinajstić information content (AvgIpc) is 2.37. The van der Waals surface area contributed by atoms with Crippen LogP contribution in [0.3, 0.4) is 0 Å². The molecule has 0 aliphatic rings. The molecular weight excluding hydrogens is 343 g/mol. The Morgan fingerprint density at radius 1 is 1.33 bits per heavy atom. The van der Waals surface area contributed by atoms with Gasteiger partial charge in [0.25, 0.3) is 0 Å². The van der Waals surface area contributed by atoms with Crippen LogP contribution in [0.4, 0.5) is 5.82 Å². The van der Waals surface area contributed by atoms with Crippen molar-refractivity contribution >= 4 is 28.4 Å². The molecule has 0 spiro atoms. The summed E-state index contributed by atoms with van der Waals surface area (Å²) in [4.78, 5) is 13.0. The molecule has 0 saturated heterocycles. The van der Waals surface area contributed by atoms with E-state index < -0.39 is 0 Å². The molecule has 0 saturated carbocycles. The zero-order valence-corrected chi connectivity index (χ0v) is 12.1. The lowest BCUT2D eigenvalue weighted by atomic mass is 10.2. The Hall–Kier alpha value is -1.28. The molecule has 0 radical (unpaired) electrons. The normalized spacial score (nSPS) is 10.6. The summed E-state index contributed by atoms with van der Waals surface area (Å²) in [5.74, 6) is 1.15. The summed E-state index contributed by atoms with van der Waals surface area (Å²) < 4.78 is 5.95. The van der Waals surface area contributed by atoms with Crippen LogP contribution in [0.15, 0.2) is 24.4 Å². The summed E-state index contributed by atoms with van der Waals surface area (Å²) in [5.41, 5.74) is 7.61. The zero-order valence-electron chi connectivity index (χ0n) is 9.93. The number of aromatic nitrogens is 3. The highest BCUT2D eigenvalue weighted by atomic mass is 127. The number of anilines is 1. The second-order valence-corrected chi connectivity index (χ2v) is 4.80. The number of halogens is 1. The van der Waals surface area contributed by atoms with Crippen molar-refractivity contribution in [1.82, 2.24) is 15.0 Å². The first-order valence-electron chi connectivity index (χ1n) is 5.40. The maximum Gasteiger partial charge on any atom is 0.141 e. The molecule has 0 amide bonds. The zero-order chi connectivity index (χ0) is 13.0. The van der Waals surface area contributed by atoms with Crippen molar-refractivity contribution in [2.24, 2.45) is 0 Å². The van der Waals surface area contributed by atoms with E-state index in [1.807, 2.05) is 18.2 Å². The minimum Gasteiger partial charge on any atom is -0.383 e. The van der Waals surface area contributed by atoms with Crippen molar-refractivity contribution in [3.05, 3.63) is 45.2 Å². The molecule has 5 nitrogen and oxygen atoms in total. The maximum absolute atomic E-state index is 5.87. The number of methoxy groups -OCH3 is 1. The topological polar surface area (TPSA) is 73.9 Å². The predicted molar refractivity (Wildman–Crippen MR) is 76.9 cm³/mol. The third-order valence-corrected chi connectivity index (χ3v) is 3.51. The van der Waals surface area contributed by atoms with E-state index in [9.17, 15) is 0 Å². The molecule has 94 valence electrons. The van der Waals surface area contributed by atoms with Crippen molar-refractivity contribution in [2.75, 3.05) is 12.8 Å². The molecule has 0 aliphatic heterocycles. The van der Waals surface area contributed by atoms with E-state index in [4.69, 9.17) is 10.5 Å². The highest BCUT2D eigenvalue weighted by Gasteiger charge is 2.10. The lowest BCUT2D eigenvalue weighted by Gasteiger charge is -2.08. The highest BCUT2D eigenvalue weighted by Crippen LogP contribution is 2.18. The van der Waals surface area contributed by atoms with E-state index in [1.165, 1.54) is 0 Å². The lowest BCUT2D eigenvalue weighted by Crippen LogP contribution is -2.09. The molecule has 0 bridgehead atoms. The van der Waals surface area contributed by atoms with Crippen LogP contribution in [-0.4, -0.2) is 22.1 Å². The summed E-state index contributed by atoms with van der Waals surface area (Å²) in [6.45, 7) is 0.431. The maximum atomic E-state index is 5.87. The molecule has 6 heteroatoms. The molecule has 2 N–H and O–H groups in total. The van der Waals surface area contributed by atoms with E-state index in [2.05, 4.69) is 37.5 Å². The Bertz CT molecular complexity index is 533. The van der Waals surface area contributed by atoms with Crippen LogP contribution in [0.1, 0.15) is 17.2 Å². The van der Waals surface area contributed by atoms with Crippen LogP contribution >= 0.6 is 22.6 Å². The van der Waals surface area contributed by atoms with Gasteiger partial charge in [0.2, 0.25) is 0 Å². The van der Waals surface area contributed by atoms with Crippen LogP contribution in [0, 0.1) is 3.57 Å². The first kappa shape index (κ1) is 13.2. The van der Waals surface area contributed by atoms with Crippen LogP contribution in [0.5, 0.6) is 0 Å². The number of pyridine rings is 1. The summed E-state index contributed by atoms with van der Waals surface area (Å²) in [6, 6.07) is 5.75. The Morgan fingerprint density at radius 2 is 2.17 bits per heavy atom. The highest BCUT2D eigenvalue weighted by molar-refractivity contribution is 14.1. The molecule has 2 heterocycles. The van der Waals surface area contributed by atoms with Gasteiger partial charge in [-0.2, -0.15) is 0 Å². The first-order valence-corrected chi connectivity index (χ1v) is 6.48. The van der Waals surface area contributed by atoms with E-state index in [1.54, 1.807) is 13.3 Å². The fourth-order valence-corrected chi connectivity index (χ4v) is 1.94. The van der Waals surface area contributed by atoms with Crippen LogP contribution < -0.4 is 5.73 Å². The van der Waals surface area contributed by atoms with Gasteiger partial charge >= 0.3 is 0 Å². The fourth-order valence-electron chi connectivity index (χ4n) is 1.54. The van der Waals surface area contributed by atoms with Gasteiger partial charge in [-0.05, 0) is 34.7 Å². The van der Waals surface area contributed by atoms with Crippen molar-refractivity contribution in [1.29, 1.82) is 0 Å². The van der Waals surface area contributed by atoms with Crippen LogP contribution in [0.2, 0.25) is 0 Å². The standard InChI is InChI=1S/C12H13IN4O/c1-18-7-9-11(13)12(14)17-10(16-9)6-8-4-2-3-5-15-8/h2-5H,6-7H2,1H3,(H2,14,16,17). The van der Waals surface area contributed by atoms with E-state index in [0.717, 1.165) is 15.0 Å². The number of hydrogen-bond donors (Lipinski definition) is 1. The van der Waals surface area contributed by atoms with Gasteiger partial charge in [-0.1, -0.05) is 6.07 Å². The second kappa shape index (κ2) is 6.05. The van der Waals surface area contributed by atoms with Gasteiger partial charge in [0.1, 0.15) is 11.6 Å². The first-order chi connectivity index (χ1) is 8.70. The Labute approximate surface area is 119 Å². The number of nitrogen functional groups attached to an aromatic ring is 1. The van der Waals surface area contributed by atoms with Gasteiger partial charge in [0.05, 0.1) is 22.3 Å². The SMILES string of the molecule is COCc1nc(Cc2ccccn2)nc(N)c1I. The summed E-state index contributed by atoms with van der Waals surface area (Å²) in [6.07, 6.45) is 2.32. The van der Waals surface area contributed by atoms with Gasteiger partial charge in [-0.25, -0.2) is 9.97 Å². The summed E-state index contributed by atoms with van der Waals surface area (Å²) >= 11 is 2.13. The minimum absolute atomic E-state index is 0.431. The third-order valence-electron chi connectivity index (χ3n) is 2.34. The van der Waals surface area contributed by atoms with Crippen LogP contribution in [0.25, 0.3) is 0 Å². The summed E-state index contributed by atoms with van der Waals surface area (Å²) in [7, 11) is 1.63. The number of ether oxygens (including phenoxy) is 1. The Balaban J connectivity index is 2.28. The van der Waals surface area contributed by atoms with E-state index in [0.29, 0.717) is 24.7 Å². The fraction of sp³-hybridized carbons (Fsp3) is 0.250. The smallest absolute Gasteiger partial charge is 0.141 e.